The average Bonchev–Trinajstić information content (AvgIpc) is 2.97. The van der Waals surface area contributed by atoms with Crippen LogP contribution < -0.4 is 0 Å². The Kier molecular flexibility index (Phi) is 4.74. The van der Waals surface area contributed by atoms with Crippen LogP contribution in [0.4, 0.5) is 0 Å². The highest BCUT2D eigenvalue weighted by Crippen LogP contribution is 2.36. The highest BCUT2D eigenvalue weighted by molar-refractivity contribution is 5.70. The molecule has 4 unspecified atom stereocenters. The maximum Gasteiger partial charge on any atom is 0.308 e. The Labute approximate surface area is 97.2 Å². The second-order valence-corrected chi connectivity index (χ2v) is 4.72. The van der Waals surface area contributed by atoms with E-state index in [2.05, 4.69) is 25.5 Å². The molecule has 1 saturated heterocycles. The molecule has 0 aromatic carbocycles. The van der Waals surface area contributed by atoms with E-state index in [0.717, 1.165) is 0 Å². The molecule has 1 fully saturated rings. The van der Waals surface area contributed by atoms with Gasteiger partial charge in [0, 0.05) is 13.0 Å². The predicted molar refractivity (Wildman–Crippen MR) is 60.1 cm³/mol. The number of ether oxygens (including phenoxy) is 3. The van der Waals surface area contributed by atoms with Crippen LogP contribution >= 0.6 is 0 Å². The first-order valence-corrected chi connectivity index (χ1v) is 5.76. The fraction of sp³-hybridized carbons (Fsp3) is 0.917. The molecule has 16 heavy (non-hydrogen) atoms. The number of epoxide rings is 1. The molecule has 0 radical (unpaired) electrons. The van der Waals surface area contributed by atoms with Crippen molar-refractivity contribution in [1.82, 2.24) is 0 Å². The van der Waals surface area contributed by atoms with Crippen LogP contribution in [0.5, 0.6) is 0 Å². The lowest BCUT2D eigenvalue weighted by Crippen LogP contribution is -2.30. The van der Waals surface area contributed by atoms with E-state index < -0.39 is 0 Å². The summed E-state index contributed by atoms with van der Waals surface area (Å²) in [5, 5.41) is 0. The summed E-state index contributed by atoms with van der Waals surface area (Å²) >= 11 is 0. The Morgan fingerprint density at radius 1 is 1.31 bits per heavy atom. The van der Waals surface area contributed by atoms with Crippen molar-refractivity contribution in [3.63, 3.8) is 0 Å². The number of esters is 1. The summed E-state index contributed by atoms with van der Waals surface area (Å²) < 4.78 is 15.6. The van der Waals surface area contributed by atoms with E-state index in [4.69, 9.17) is 9.47 Å². The summed E-state index contributed by atoms with van der Waals surface area (Å²) in [7, 11) is 3.12. The maximum absolute atomic E-state index is 11.1. The van der Waals surface area contributed by atoms with Gasteiger partial charge in [0.1, 0.15) is 0 Å². The zero-order valence-electron chi connectivity index (χ0n) is 10.7. The third-order valence-electron chi connectivity index (χ3n) is 3.18. The third-order valence-corrected chi connectivity index (χ3v) is 3.18. The number of hydrogen-bond donors (Lipinski definition) is 0. The number of methoxy groups -OCH3 is 2. The van der Waals surface area contributed by atoms with Crippen LogP contribution in [0.15, 0.2) is 0 Å². The van der Waals surface area contributed by atoms with Gasteiger partial charge >= 0.3 is 5.97 Å². The molecule has 0 aromatic heterocycles. The first-order chi connectivity index (χ1) is 7.51. The van der Waals surface area contributed by atoms with E-state index in [1.54, 1.807) is 7.11 Å². The number of hydrogen-bond acceptors (Lipinski definition) is 4. The molecule has 4 atom stereocenters. The van der Waals surface area contributed by atoms with Crippen LogP contribution in [0.25, 0.3) is 0 Å². The van der Waals surface area contributed by atoms with Crippen molar-refractivity contribution in [3.05, 3.63) is 0 Å². The topological polar surface area (TPSA) is 48.1 Å². The summed E-state index contributed by atoms with van der Waals surface area (Å²) in [5.41, 5.74) is 0. The van der Waals surface area contributed by atoms with E-state index in [-0.39, 0.29) is 24.3 Å². The van der Waals surface area contributed by atoms with Crippen molar-refractivity contribution >= 4 is 5.97 Å². The van der Waals surface area contributed by atoms with Gasteiger partial charge in [-0.25, -0.2) is 0 Å². The van der Waals surface area contributed by atoms with Gasteiger partial charge in [-0.2, -0.15) is 0 Å². The zero-order valence-corrected chi connectivity index (χ0v) is 10.7. The smallest absolute Gasteiger partial charge is 0.308 e. The second kappa shape index (κ2) is 5.64. The van der Waals surface area contributed by atoms with Gasteiger partial charge in [-0.3, -0.25) is 4.79 Å². The summed E-state index contributed by atoms with van der Waals surface area (Å²) in [5.74, 6) is 0.542. The summed E-state index contributed by atoms with van der Waals surface area (Å²) in [6.07, 6.45) is 0.665. The van der Waals surface area contributed by atoms with Crippen molar-refractivity contribution in [3.8, 4) is 0 Å². The monoisotopic (exact) mass is 230 g/mol. The van der Waals surface area contributed by atoms with E-state index in [1.165, 1.54) is 7.11 Å². The fourth-order valence-corrected chi connectivity index (χ4v) is 2.31. The average molecular weight is 230 g/mol. The van der Waals surface area contributed by atoms with Gasteiger partial charge in [-0.15, -0.1) is 0 Å². The molecule has 4 heteroatoms. The van der Waals surface area contributed by atoms with Gasteiger partial charge in [0.15, 0.2) is 0 Å². The molecule has 0 saturated carbocycles. The summed E-state index contributed by atoms with van der Waals surface area (Å²) in [6.45, 7) is 6.36. The van der Waals surface area contributed by atoms with Crippen molar-refractivity contribution in [2.75, 3.05) is 14.2 Å². The maximum atomic E-state index is 11.1. The fourth-order valence-electron chi connectivity index (χ4n) is 2.31. The van der Waals surface area contributed by atoms with Gasteiger partial charge < -0.3 is 14.2 Å². The molecule has 1 heterocycles. The molecule has 0 aromatic rings. The largest absolute Gasteiger partial charge is 0.469 e. The Bertz CT molecular complexity index is 239. The first-order valence-electron chi connectivity index (χ1n) is 5.76. The lowest BCUT2D eigenvalue weighted by atomic mass is 9.90. The van der Waals surface area contributed by atoms with Crippen molar-refractivity contribution in [2.24, 2.45) is 11.8 Å². The molecule has 0 spiro atoms. The molecule has 1 rings (SSSR count). The lowest BCUT2D eigenvalue weighted by Gasteiger charge is -2.24. The van der Waals surface area contributed by atoms with Crippen molar-refractivity contribution in [1.29, 1.82) is 0 Å². The van der Waals surface area contributed by atoms with Gasteiger partial charge in [-0.1, -0.05) is 20.8 Å². The molecule has 0 aliphatic carbocycles. The Balaban J connectivity index is 2.40. The van der Waals surface area contributed by atoms with E-state index >= 15 is 0 Å². The van der Waals surface area contributed by atoms with E-state index in [0.29, 0.717) is 18.3 Å². The van der Waals surface area contributed by atoms with Crippen LogP contribution in [0.3, 0.4) is 0 Å². The summed E-state index contributed by atoms with van der Waals surface area (Å²) in [6, 6.07) is 0. The number of rotatable bonds is 6. The number of carbonyl (C=O) groups is 1. The van der Waals surface area contributed by atoms with E-state index in [1.807, 2.05) is 0 Å². The van der Waals surface area contributed by atoms with Crippen LogP contribution in [-0.4, -0.2) is 38.5 Å². The minimum atomic E-state index is -0.210. The van der Waals surface area contributed by atoms with Gasteiger partial charge in [0.2, 0.25) is 0 Å². The Morgan fingerprint density at radius 3 is 2.38 bits per heavy atom. The quantitative estimate of drug-likeness (QED) is 0.514. The van der Waals surface area contributed by atoms with Crippen LogP contribution in [-0.2, 0) is 19.0 Å². The van der Waals surface area contributed by atoms with Crippen LogP contribution in [0.1, 0.15) is 27.2 Å². The normalized spacial score (nSPS) is 27.6. The van der Waals surface area contributed by atoms with Crippen LogP contribution in [0, 0.1) is 11.8 Å². The molecular formula is C12H22O4. The minimum Gasteiger partial charge on any atom is -0.469 e. The predicted octanol–water partition coefficient (Wildman–Crippen LogP) is 1.62. The molecular weight excluding hydrogens is 208 g/mol. The number of carbonyl (C=O) groups excluding carboxylic acids is 1. The molecule has 4 nitrogen and oxygen atoms in total. The molecule has 1 aliphatic heterocycles. The zero-order chi connectivity index (χ0) is 12.3. The van der Waals surface area contributed by atoms with Gasteiger partial charge in [0.25, 0.3) is 0 Å². The second-order valence-electron chi connectivity index (χ2n) is 4.72. The highest BCUT2D eigenvalue weighted by Gasteiger charge is 2.47. The van der Waals surface area contributed by atoms with Gasteiger partial charge in [0.05, 0.1) is 31.8 Å². The third kappa shape index (κ3) is 3.19. The molecule has 0 N–H and O–H groups in total. The molecule has 1 aliphatic rings. The Hall–Kier alpha value is -0.610. The Morgan fingerprint density at radius 2 is 1.94 bits per heavy atom. The first kappa shape index (κ1) is 13.5. The standard InChI is InChI=1S/C12H22O4/c1-7(2)11(15-5)8(3)12-9(16-12)6-10(13)14-4/h7-9,11-12H,6H2,1-5H3. The van der Waals surface area contributed by atoms with Crippen molar-refractivity contribution in [2.45, 2.75) is 45.5 Å². The lowest BCUT2D eigenvalue weighted by molar-refractivity contribution is -0.140. The molecule has 0 amide bonds. The summed E-state index contributed by atoms with van der Waals surface area (Å²) in [4.78, 5) is 11.1. The molecule has 94 valence electrons. The molecule has 0 bridgehead atoms. The highest BCUT2D eigenvalue weighted by atomic mass is 16.6. The van der Waals surface area contributed by atoms with Crippen molar-refractivity contribution < 1.29 is 19.0 Å². The van der Waals surface area contributed by atoms with Crippen LogP contribution in [0.2, 0.25) is 0 Å². The minimum absolute atomic E-state index is 0.0128. The SMILES string of the molecule is COC(=O)CC1OC1C(C)C(OC)C(C)C. The van der Waals surface area contributed by atoms with E-state index in [9.17, 15) is 4.79 Å². The van der Waals surface area contributed by atoms with Gasteiger partial charge in [-0.05, 0) is 5.92 Å².